The lowest BCUT2D eigenvalue weighted by molar-refractivity contribution is -0.135. The maximum atomic E-state index is 13.7. The summed E-state index contributed by atoms with van der Waals surface area (Å²) < 4.78 is 13.7. The number of likely N-dealkylation sites (tertiary alicyclic amines) is 1. The summed E-state index contributed by atoms with van der Waals surface area (Å²) in [5.41, 5.74) is 0.136. The molecule has 0 aromatic heterocycles. The molecule has 1 N–H and O–H groups in total. The molecule has 0 saturated carbocycles. The van der Waals surface area contributed by atoms with E-state index in [0.717, 1.165) is 0 Å². The highest BCUT2D eigenvalue weighted by Crippen LogP contribution is 2.21. The predicted octanol–water partition coefficient (Wildman–Crippen LogP) is 1.93. The zero-order valence-corrected chi connectivity index (χ0v) is 15.8. The quantitative estimate of drug-likeness (QED) is 0.801. The van der Waals surface area contributed by atoms with Gasteiger partial charge in [-0.25, -0.2) is 9.18 Å². The summed E-state index contributed by atoms with van der Waals surface area (Å²) in [7, 11) is 0. The van der Waals surface area contributed by atoms with Crippen LogP contribution in [0.1, 0.15) is 12.8 Å². The average Bonchev–Trinajstić information content (AvgIpc) is 2.90. The number of para-hydroxylation sites is 1. The first-order valence-electron chi connectivity index (χ1n) is 9.47. The van der Waals surface area contributed by atoms with Crippen LogP contribution in [0, 0.1) is 11.7 Å². The van der Waals surface area contributed by atoms with E-state index in [4.69, 9.17) is 0 Å². The zero-order valence-electron chi connectivity index (χ0n) is 15.8. The molecule has 1 unspecified atom stereocenters. The first-order chi connectivity index (χ1) is 13.5. The summed E-state index contributed by atoms with van der Waals surface area (Å²) in [6.07, 6.45) is 2.51. The summed E-state index contributed by atoms with van der Waals surface area (Å²) in [5.74, 6) is -0.904. The van der Waals surface area contributed by atoms with Gasteiger partial charge in [-0.05, 0) is 18.6 Å². The second-order valence-electron chi connectivity index (χ2n) is 7.06. The second kappa shape index (κ2) is 8.86. The van der Waals surface area contributed by atoms with Crippen molar-refractivity contribution in [2.24, 2.45) is 5.92 Å². The number of carbonyl (C=O) groups excluding carboxylic acids is 3. The molecule has 28 heavy (non-hydrogen) atoms. The topological polar surface area (TPSA) is 73.0 Å². The largest absolute Gasteiger partial charge is 0.341 e. The Labute approximate surface area is 163 Å². The monoisotopic (exact) mass is 388 g/mol. The second-order valence-corrected chi connectivity index (χ2v) is 7.06. The Balaban J connectivity index is 1.55. The minimum absolute atomic E-state index is 0.0287. The fraction of sp³-hybridized carbons (Fsp3) is 0.450. The number of nitrogens with zero attached hydrogens (tertiary/aromatic N) is 3. The summed E-state index contributed by atoms with van der Waals surface area (Å²) >= 11 is 0. The minimum Gasteiger partial charge on any atom is -0.341 e. The van der Waals surface area contributed by atoms with Crippen LogP contribution in [0.2, 0.25) is 0 Å². The Morgan fingerprint density at radius 3 is 2.64 bits per heavy atom. The van der Waals surface area contributed by atoms with Gasteiger partial charge in [0.05, 0.1) is 11.6 Å². The molecule has 1 aromatic carbocycles. The van der Waals surface area contributed by atoms with Gasteiger partial charge in [-0.2, -0.15) is 0 Å². The number of amides is 4. The van der Waals surface area contributed by atoms with Crippen LogP contribution in [0.4, 0.5) is 14.9 Å². The molecule has 7 nitrogen and oxygen atoms in total. The fourth-order valence-electron chi connectivity index (χ4n) is 3.63. The Bertz CT molecular complexity index is 770. The number of anilines is 1. The third-order valence-corrected chi connectivity index (χ3v) is 5.12. The fourth-order valence-corrected chi connectivity index (χ4v) is 3.63. The third-order valence-electron chi connectivity index (χ3n) is 5.12. The molecule has 0 aliphatic carbocycles. The lowest BCUT2D eigenvalue weighted by atomic mass is 10.1. The van der Waals surface area contributed by atoms with Gasteiger partial charge in [0.15, 0.2) is 0 Å². The summed E-state index contributed by atoms with van der Waals surface area (Å²) in [4.78, 5) is 42.2. The molecular weight excluding hydrogens is 363 g/mol. The molecule has 3 rings (SSSR count). The molecule has 2 aliphatic heterocycles. The number of rotatable bonds is 4. The van der Waals surface area contributed by atoms with E-state index in [2.05, 4.69) is 11.9 Å². The average molecular weight is 388 g/mol. The highest BCUT2D eigenvalue weighted by molar-refractivity contribution is 5.90. The molecule has 2 aliphatic rings. The van der Waals surface area contributed by atoms with Crippen molar-refractivity contribution in [3.63, 3.8) is 0 Å². The van der Waals surface area contributed by atoms with Crippen LogP contribution in [0.25, 0.3) is 0 Å². The Morgan fingerprint density at radius 2 is 1.89 bits per heavy atom. The van der Waals surface area contributed by atoms with Gasteiger partial charge < -0.3 is 20.0 Å². The molecular formula is C20H25FN4O3. The van der Waals surface area contributed by atoms with Crippen LogP contribution in [0.15, 0.2) is 36.9 Å². The summed E-state index contributed by atoms with van der Waals surface area (Å²) in [5, 5.41) is 2.58. The Morgan fingerprint density at radius 1 is 1.18 bits per heavy atom. The molecule has 0 radical (unpaired) electrons. The van der Waals surface area contributed by atoms with Gasteiger partial charge in [0.2, 0.25) is 11.8 Å². The molecule has 0 spiro atoms. The molecule has 1 aromatic rings. The predicted molar refractivity (Wildman–Crippen MR) is 103 cm³/mol. The highest BCUT2D eigenvalue weighted by Gasteiger charge is 2.36. The zero-order chi connectivity index (χ0) is 20.1. The van der Waals surface area contributed by atoms with Crippen molar-refractivity contribution in [1.29, 1.82) is 0 Å². The van der Waals surface area contributed by atoms with Gasteiger partial charge in [-0.3, -0.25) is 9.59 Å². The van der Waals surface area contributed by atoms with Crippen molar-refractivity contribution in [3.8, 4) is 0 Å². The van der Waals surface area contributed by atoms with Gasteiger partial charge in [-0.1, -0.05) is 18.2 Å². The first-order valence-corrected chi connectivity index (χ1v) is 9.47. The van der Waals surface area contributed by atoms with Crippen LogP contribution in [0.5, 0.6) is 0 Å². The van der Waals surface area contributed by atoms with Gasteiger partial charge >= 0.3 is 6.03 Å². The summed E-state index contributed by atoms with van der Waals surface area (Å²) in [6.45, 7) is 6.28. The van der Waals surface area contributed by atoms with Crippen molar-refractivity contribution in [3.05, 3.63) is 42.7 Å². The van der Waals surface area contributed by atoms with Crippen molar-refractivity contribution < 1.29 is 18.8 Å². The standard InChI is InChI=1S/C20H25FN4O3/c1-2-8-25-14-15(13-18(25)26)19(27)23-9-5-10-24(12-11-23)20(28)22-17-7-4-3-6-16(17)21/h2-4,6-7,15H,1,5,8-14H2,(H,22,28). The van der Waals surface area contributed by atoms with Crippen LogP contribution < -0.4 is 5.32 Å². The normalized spacial score (nSPS) is 20.1. The Kier molecular flexibility index (Phi) is 6.28. The number of hydrogen-bond acceptors (Lipinski definition) is 3. The molecule has 8 heteroatoms. The molecule has 2 saturated heterocycles. The van der Waals surface area contributed by atoms with E-state index in [1.54, 1.807) is 32.9 Å². The smallest absolute Gasteiger partial charge is 0.321 e. The number of nitrogens with one attached hydrogen (secondary N) is 1. The van der Waals surface area contributed by atoms with E-state index in [0.29, 0.717) is 45.7 Å². The highest BCUT2D eigenvalue weighted by atomic mass is 19.1. The van der Waals surface area contributed by atoms with E-state index in [9.17, 15) is 18.8 Å². The van der Waals surface area contributed by atoms with Gasteiger partial charge in [-0.15, -0.1) is 6.58 Å². The maximum absolute atomic E-state index is 13.7. The summed E-state index contributed by atoms with van der Waals surface area (Å²) in [6, 6.07) is 5.63. The third kappa shape index (κ3) is 4.49. The number of benzene rings is 1. The first kappa shape index (κ1) is 19.9. The van der Waals surface area contributed by atoms with Crippen molar-refractivity contribution in [2.75, 3.05) is 44.6 Å². The number of carbonyl (C=O) groups is 3. The number of halogens is 1. The molecule has 0 bridgehead atoms. The van der Waals surface area contributed by atoms with Crippen molar-refractivity contribution in [1.82, 2.24) is 14.7 Å². The molecule has 150 valence electrons. The number of hydrogen-bond donors (Lipinski definition) is 1. The lowest BCUT2D eigenvalue weighted by Gasteiger charge is -2.24. The minimum atomic E-state index is -0.488. The van der Waals surface area contributed by atoms with Gasteiger partial charge in [0.1, 0.15) is 5.82 Å². The van der Waals surface area contributed by atoms with Crippen LogP contribution in [-0.2, 0) is 9.59 Å². The van der Waals surface area contributed by atoms with E-state index >= 15 is 0 Å². The van der Waals surface area contributed by atoms with E-state index in [1.807, 2.05) is 0 Å². The number of urea groups is 1. The lowest BCUT2D eigenvalue weighted by Crippen LogP contribution is -2.41. The van der Waals surface area contributed by atoms with Crippen LogP contribution in [0.3, 0.4) is 0 Å². The van der Waals surface area contributed by atoms with E-state index in [1.165, 1.54) is 12.1 Å². The SMILES string of the molecule is C=CCN1CC(C(=O)N2CCCN(C(=O)Nc3ccccc3F)CC2)CC1=O. The molecule has 2 heterocycles. The van der Waals surface area contributed by atoms with Crippen LogP contribution >= 0.6 is 0 Å². The molecule has 1 atom stereocenters. The van der Waals surface area contributed by atoms with E-state index in [-0.39, 0.29) is 35.9 Å². The molecule has 4 amide bonds. The van der Waals surface area contributed by atoms with E-state index < -0.39 is 5.82 Å². The van der Waals surface area contributed by atoms with Gasteiger partial charge in [0, 0.05) is 45.7 Å². The maximum Gasteiger partial charge on any atom is 0.321 e. The van der Waals surface area contributed by atoms with Gasteiger partial charge in [0.25, 0.3) is 0 Å². The molecule has 2 fully saturated rings. The Hall–Kier alpha value is -2.90. The van der Waals surface area contributed by atoms with Crippen LogP contribution in [-0.4, -0.2) is 71.8 Å². The van der Waals surface area contributed by atoms with Crippen molar-refractivity contribution >= 4 is 23.5 Å². The van der Waals surface area contributed by atoms with Crippen molar-refractivity contribution in [2.45, 2.75) is 12.8 Å².